The van der Waals surface area contributed by atoms with Crippen LogP contribution in [0, 0.1) is 13.8 Å². The summed E-state index contributed by atoms with van der Waals surface area (Å²) in [5, 5.41) is 3.84. The van der Waals surface area contributed by atoms with Crippen molar-refractivity contribution in [2.45, 2.75) is 13.8 Å². The molecule has 2 aromatic heterocycles. The van der Waals surface area contributed by atoms with Gasteiger partial charge in [0.05, 0.1) is 16.7 Å². The average molecular weight is 398 g/mol. The quantitative estimate of drug-likeness (QED) is 0.277. The van der Waals surface area contributed by atoms with Gasteiger partial charge in [-0.05, 0) is 42.5 Å². The highest BCUT2D eigenvalue weighted by atomic mass is 14.9. The van der Waals surface area contributed by atoms with E-state index < -0.39 is 0 Å². The van der Waals surface area contributed by atoms with Gasteiger partial charge < -0.3 is 4.40 Å². The summed E-state index contributed by atoms with van der Waals surface area (Å²) in [5.74, 6) is 0. The Hall–Kier alpha value is -3.84. The van der Waals surface area contributed by atoms with Gasteiger partial charge in [0.25, 0.3) is 0 Å². The number of hydrogen-bond acceptors (Lipinski definition) is 0. The Balaban J connectivity index is 1.90. The van der Waals surface area contributed by atoms with Crippen LogP contribution in [-0.4, -0.2) is 4.40 Å². The maximum Gasteiger partial charge on any atom is 0.0619 e. The molecule has 0 aliphatic carbocycles. The summed E-state index contributed by atoms with van der Waals surface area (Å²) < 4.78 is 2.46. The first kappa shape index (κ1) is 18.0. The van der Waals surface area contributed by atoms with Crippen molar-refractivity contribution in [1.29, 1.82) is 0 Å². The Bertz CT molecular complexity index is 1570. The van der Waals surface area contributed by atoms with Gasteiger partial charge in [0.1, 0.15) is 0 Å². The van der Waals surface area contributed by atoms with E-state index in [-0.39, 0.29) is 0 Å². The number of rotatable bonds is 2. The van der Waals surface area contributed by atoms with E-state index in [1.165, 1.54) is 60.7 Å². The van der Waals surface area contributed by atoms with Crippen molar-refractivity contribution in [1.82, 2.24) is 4.40 Å². The van der Waals surface area contributed by atoms with Gasteiger partial charge in [-0.15, -0.1) is 0 Å². The average Bonchev–Trinajstić information content (AvgIpc) is 3.19. The molecular weight excluding hydrogens is 374 g/mol. The van der Waals surface area contributed by atoms with Gasteiger partial charge in [0.15, 0.2) is 0 Å². The number of benzene rings is 4. The largest absolute Gasteiger partial charge is 0.308 e. The van der Waals surface area contributed by atoms with E-state index in [1.54, 1.807) is 0 Å². The number of nitrogens with zero attached hydrogens (tertiary/aromatic N) is 1. The maximum atomic E-state index is 2.46. The fourth-order valence-corrected chi connectivity index (χ4v) is 4.76. The number of hydrogen-bond donors (Lipinski definition) is 0. The highest BCUT2D eigenvalue weighted by molar-refractivity contribution is 6.12. The van der Waals surface area contributed by atoms with Crippen LogP contribution in [0.3, 0.4) is 0 Å². The van der Waals surface area contributed by atoms with Gasteiger partial charge in [-0.25, -0.2) is 0 Å². The molecule has 0 spiro atoms. The van der Waals surface area contributed by atoms with E-state index in [0.717, 1.165) is 0 Å². The smallest absolute Gasteiger partial charge is 0.0619 e. The number of para-hydroxylation sites is 1. The van der Waals surface area contributed by atoms with Crippen LogP contribution in [0.15, 0.2) is 103 Å². The van der Waals surface area contributed by atoms with Crippen LogP contribution < -0.4 is 0 Å². The van der Waals surface area contributed by atoms with Crippen LogP contribution in [0.5, 0.6) is 0 Å². The highest BCUT2D eigenvalue weighted by Crippen LogP contribution is 2.42. The molecule has 0 aliphatic heterocycles. The maximum absolute atomic E-state index is 2.46. The molecule has 6 rings (SSSR count). The normalized spacial score (nSPS) is 11.5. The van der Waals surface area contributed by atoms with Crippen LogP contribution in [0.2, 0.25) is 0 Å². The molecule has 0 radical (unpaired) electrons. The lowest BCUT2D eigenvalue weighted by atomic mass is 9.92. The van der Waals surface area contributed by atoms with Crippen molar-refractivity contribution < 1.29 is 0 Å². The fourth-order valence-electron chi connectivity index (χ4n) is 4.76. The molecule has 0 N–H and O–H groups in total. The molecule has 0 atom stereocenters. The zero-order chi connectivity index (χ0) is 20.9. The van der Waals surface area contributed by atoms with Crippen LogP contribution in [-0.2, 0) is 0 Å². The standard InChI is InChI=1S/C30H23N/c1-20-11-15-22(16-12-20)29-26-9-5-4-8-25(26)28-19-24-7-3-6-10-27(24)31(28)30(29)23-17-13-21(2)14-18-23/h3-19H,1-2H3. The third kappa shape index (κ3) is 2.78. The lowest BCUT2D eigenvalue weighted by Gasteiger charge is -2.19. The summed E-state index contributed by atoms with van der Waals surface area (Å²) in [6.07, 6.45) is 0. The van der Waals surface area contributed by atoms with Gasteiger partial charge in [0.2, 0.25) is 0 Å². The van der Waals surface area contributed by atoms with Crippen LogP contribution in [0.4, 0.5) is 0 Å². The summed E-state index contributed by atoms with van der Waals surface area (Å²) >= 11 is 0. The van der Waals surface area contributed by atoms with Gasteiger partial charge in [-0.2, -0.15) is 0 Å². The summed E-state index contributed by atoms with van der Waals surface area (Å²) in [4.78, 5) is 0. The summed E-state index contributed by atoms with van der Waals surface area (Å²) in [6, 6.07) is 37.7. The van der Waals surface area contributed by atoms with Crippen LogP contribution in [0.25, 0.3) is 49.6 Å². The topological polar surface area (TPSA) is 4.41 Å². The predicted molar refractivity (Wildman–Crippen MR) is 133 cm³/mol. The van der Waals surface area contributed by atoms with Crippen molar-refractivity contribution in [3.05, 3.63) is 114 Å². The van der Waals surface area contributed by atoms with Gasteiger partial charge >= 0.3 is 0 Å². The SMILES string of the molecule is Cc1ccc(-c2c(-c3ccc(C)cc3)n3c4ccccc4cc3c3ccccc23)cc1. The number of aromatic nitrogens is 1. The minimum atomic E-state index is 1.23. The Labute approximate surface area is 182 Å². The molecule has 6 aromatic rings. The fraction of sp³-hybridized carbons (Fsp3) is 0.0667. The van der Waals surface area contributed by atoms with Crippen molar-refractivity contribution in [2.24, 2.45) is 0 Å². The van der Waals surface area contributed by atoms with E-state index in [2.05, 4.69) is 121 Å². The Morgan fingerprint density at radius 1 is 0.516 bits per heavy atom. The van der Waals surface area contributed by atoms with E-state index in [0.29, 0.717) is 0 Å². The molecular formula is C30H23N. The molecule has 0 fully saturated rings. The van der Waals surface area contributed by atoms with E-state index in [9.17, 15) is 0 Å². The molecule has 148 valence electrons. The predicted octanol–water partition coefficient (Wildman–Crippen LogP) is 8.20. The first-order chi connectivity index (χ1) is 15.2. The van der Waals surface area contributed by atoms with Gasteiger partial charge in [-0.1, -0.05) is 102 Å². The molecule has 1 nitrogen and oxygen atoms in total. The summed E-state index contributed by atoms with van der Waals surface area (Å²) in [6.45, 7) is 4.29. The summed E-state index contributed by atoms with van der Waals surface area (Å²) in [7, 11) is 0. The van der Waals surface area contributed by atoms with Crippen molar-refractivity contribution in [3.63, 3.8) is 0 Å². The number of aryl methyl sites for hydroxylation is 2. The third-order valence-corrected chi connectivity index (χ3v) is 6.31. The molecule has 4 aromatic carbocycles. The number of pyridine rings is 1. The van der Waals surface area contributed by atoms with Crippen LogP contribution in [0.1, 0.15) is 11.1 Å². The van der Waals surface area contributed by atoms with Crippen molar-refractivity contribution in [3.8, 4) is 22.4 Å². The molecule has 2 heterocycles. The summed E-state index contributed by atoms with van der Waals surface area (Å²) in [5.41, 5.74) is 10.1. The molecule has 0 amide bonds. The Morgan fingerprint density at radius 2 is 1.10 bits per heavy atom. The van der Waals surface area contributed by atoms with E-state index in [4.69, 9.17) is 0 Å². The Kier molecular flexibility index (Phi) is 3.97. The molecule has 0 saturated carbocycles. The lowest BCUT2D eigenvalue weighted by molar-refractivity contribution is 1.27. The minimum Gasteiger partial charge on any atom is -0.308 e. The minimum absolute atomic E-state index is 1.23. The highest BCUT2D eigenvalue weighted by Gasteiger charge is 2.19. The second-order valence-corrected chi connectivity index (χ2v) is 8.43. The zero-order valence-electron chi connectivity index (χ0n) is 17.8. The molecule has 0 saturated heterocycles. The van der Waals surface area contributed by atoms with Gasteiger partial charge in [0, 0.05) is 16.3 Å². The molecule has 0 aliphatic rings. The number of fused-ring (bicyclic) bond motifs is 5. The van der Waals surface area contributed by atoms with Crippen molar-refractivity contribution >= 4 is 27.2 Å². The van der Waals surface area contributed by atoms with E-state index >= 15 is 0 Å². The van der Waals surface area contributed by atoms with Crippen LogP contribution >= 0.6 is 0 Å². The Morgan fingerprint density at radius 3 is 1.81 bits per heavy atom. The lowest BCUT2D eigenvalue weighted by Crippen LogP contribution is -1.98. The second-order valence-electron chi connectivity index (χ2n) is 8.43. The molecule has 0 unspecified atom stereocenters. The zero-order valence-corrected chi connectivity index (χ0v) is 17.8. The first-order valence-corrected chi connectivity index (χ1v) is 10.8. The monoisotopic (exact) mass is 397 g/mol. The van der Waals surface area contributed by atoms with Crippen molar-refractivity contribution in [2.75, 3.05) is 0 Å². The molecule has 1 heteroatoms. The molecule has 31 heavy (non-hydrogen) atoms. The second kappa shape index (κ2) is 6.85. The third-order valence-electron chi connectivity index (χ3n) is 6.31. The molecule has 0 bridgehead atoms. The van der Waals surface area contributed by atoms with Gasteiger partial charge in [-0.3, -0.25) is 0 Å². The van der Waals surface area contributed by atoms with E-state index in [1.807, 2.05) is 0 Å². The first-order valence-electron chi connectivity index (χ1n) is 10.8.